The summed E-state index contributed by atoms with van der Waals surface area (Å²) in [6.45, 7) is 1.49. The predicted octanol–water partition coefficient (Wildman–Crippen LogP) is 2.94. The molecule has 90 valence electrons. The van der Waals surface area contributed by atoms with E-state index >= 15 is 0 Å². The second kappa shape index (κ2) is 6.37. The fourth-order valence-corrected chi connectivity index (χ4v) is 2.28. The van der Waals surface area contributed by atoms with Gasteiger partial charge in [-0.25, -0.2) is 4.98 Å². The van der Waals surface area contributed by atoms with E-state index in [4.69, 9.17) is 4.74 Å². The number of nitrogens with one attached hydrogen (secondary N) is 1. The van der Waals surface area contributed by atoms with Crippen LogP contribution in [-0.4, -0.2) is 18.6 Å². The number of anilines is 1. The zero-order chi connectivity index (χ0) is 11.9. The molecule has 0 spiro atoms. The van der Waals surface area contributed by atoms with Crippen molar-refractivity contribution in [3.63, 3.8) is 0 Å². The van der Waals surface area contributed by atoms with Crippen molar-refractivity contribution in [1.29, 1.82) is 0 Å². The molecule has 2 rings (SSSR count). The minimum atomic E-state index is 0.580. The quantitative estimate of drug-likeness (QED) is 0.853. The lowest BCUT2D eigenvalue weighted by Crippen LogP contribution is -2.04. The van der Waals surface area contributed by atoms with Gasteiger partial charge >= 0.3 is 0 Å². The van der Waals surface area contributed by atoms with E-state index in [9.17, 15) is 0 Å². The van der Waals surface area contributed by atoms with Gasteiger partial charge in [-0.3, -0.25) is 0 Å². The lowest BCUT2D eigenvalue weighted by atomic mass is 10.2. The smallest absolute Gasteiger partial charge is 0.182 e. The van der Waals surface area contributed by atoms with Crippen molar-refractivity contribution in [2.45, 2.75) is 13.0 Å². The maximum atomic E-state index is 5.03. The molecule has 0 fully saturated rings. The van der Waals surface area contributed by atoms with Crippen molar-refractivity contribution in [2.24, 2.45) is 0 Å². The van der Waals surface area contributed by atoms with Crippen LogP contribution >= 0.6 is 11.3 Å². The van der Waals surface area contributed by atoms with Crippen LogP contribution < -0.4 is 5.32 Å². The number of nitrogens with zero attached hydrogens (tertiary/aromatic N) is 1. The van der Waals surface area contributed by atoms with E-state index in [1.54, 1.807) is 18.4 Å². The van der Waals surface area contributed by atoms with E-state index in [-0.39, 0.29) is 0 Å². The highest BCUT2D eigenvalue weighted by Crippen LogP contribution is 2.15. The molecule has 0 aliphatic rings. The number of aromatic nitrogens is 1. The summed E-state index contributed by atoms with van der Waals surface area (Å²) in [6.07, 6.45) is 1.01. The third-order valence-electron chi connectivity index (χ3n) is 2.38. The van der Waals surface area contributed by atoms with Gasteiger partial charge in [0.05, 0.1) is 12.3 Å². The summed E-state index contributed by atoms with van der Waals surface area (Å²) >= 11 is 1.62. The van der Waals surface area contributed by atoms with Gasteiger partial charge in [0.15, 0.2) is 5.13 Å². The molecule has 0 saturated carbocycles. The summed E-state index contributed by atoms with van der Waals surface area (Å²) in [5.41, 5.74) is 2.33. The molecule has 0 bridgehead atoms. The summed E-state index contributed by atoms with van der Waals surface area (Å²) in [6, 6.07) is 10.4. The lowest BCUT2D eigenvalue weighted by molar-refractivity contribution is 0.182. The van der Waals surface area contributed by atoms with E-state index < -0.39 is 0 Å². The number of thiazole rings is 1. The summed E-state index contributed by atoms with van der Waals surface area (Å²) in [4.78, 5) is 4.41. The Morgan fingerprint density at radius 1 is 1.29 bits per heavy atom. The molecule has 3 nitrogen and oxygen atoms in total. The van der Waals surface area contributed by atoms with E-state index in [1.165, 1.54) is 5.56 Å². The molecule has 0 amide bonds. The number of hydrogen-bond donors (Lipinski definition) is 1. The highest BCUT2D eigenvalue weighted by molar-refractivity contribution is 7.13. The highest BCUT2D eigenvalue weighted by Gasteiger charge is 2.00. The molecule has 1 aromatic carbocycles. The number of hydrogen-bond acceptors (Lipinski definition) is 4. The van der Waals surface area contributed by atoms with Crippen LogP contribution in [0.5, 0.6) is 0 Å². The fraction of sp³-hybridized carbons (Fsp3) is 0.308. The molecule has 2 aromatic rings. The first-order chi connectivity index (χ1) is 8.38. The zero-order valence-corrected chi connectivity index (χ0v) is 10.7. The van der Waals surface area contributed by atoms with Crippen molar-refractivity contribution in [1.82, 2.24) is 4.98 Å². The van der Waals surface area contributed by atoms with Gasteiger partial charge in [-0.15, -0.1) is 11.3 Å². The second-order valence-electron chi connectivity index (χ2n) is 3.74. The molecule has 0 aliphatic heterocycles. The van der Waals surface area contributed by atoms with Gasteiger partial charge in [0, 0.05) is 19.0 Å². The Morgan fingerprint density at radius 3 is 2.88 bits per heavy atom. The molecule has 0 saturated heterocycles. The molecular formula is C13H16N2OS. The van der Waals surface area contributed by atoms with E-state index in [1.807, 2.05) is 11.4 Å². The average molecular weight is 248 g/mol. The predicted molar refractivity (Wildman–Crippen MR) is 71.5 cm³/mol. The minimum absolute atomic E-state index is 0.580. The Kier molecular flexibility index (Phi) is 4.53. The number of ether oxygens (including phenoxy) is 1. The van der Waals surface area contributed by atoms with Crippen LogP contribution in [0.25, 0.3) is 0 Å². The van der Waals surface area contributed by atoms with Crippen LogP contribution in [-0.2, 0) is 17.8 Å². The Bertz CT molecular complexity index is 442. The molecule has 0 unspecified atom stereocenters. The van der Waals surface area contributed by atoms with Crippen molar-refractivity contribution in [3.8, 4) is 0 Å². The van der Waals surface area contributed by atoms with Crippen molar-refractivity contribution in [2.75, 3.05) is 19.0 Å². The molecule has 0 atom stereocenters. The largest absolute Gasteiger partial charge is 0.378 e. The third-order valence-corrected chi connectivity index (χ3v) is 3.23. The summed E-state index contributed by atoms with van der Waals surface area (Å²) in [7, 11) is 1.68. The Labute approximate surface area is 105 Å². The maximum Gasteiger partial charge on any atom is 0.182 e. The van der Waals surface area contributed by atoms with Crippen LogP contribution in [0.2, 0.25) is 0 Å². The minimum Gasteiger partial charge on any atom is -0.378 e. The maximum absolute atomic E-state index is 5.03. The highest BCUT2D eigenvalue weighted by atomic mass is 32.1. The third kappa shape index (κ3) is 3.84. The topological polar surface area (TPSA) is 34.1 Å². The number of benzene rings is 1. The zero-order valence-electron chi connectivity index (χ0n) is 9.85. The molecule has 4 heteroatoms. The van der Waals surface area contributed by atoms with Gasteiger partial charge in [-0.1, -0.05) is 30.3 Å². The normalized spacial score (nSPS) is 10.4. The molecular weight excluding hydrogens is 232 g/mol. The lowest BCUT2D eigenvalue weighted by Gasteiger charge is -2.02. The van der Waals surface area contributed by atoms with Gasteiger partial charge in [-0.05, 0) is 12.0 Å². The molecule has 1 N–H and O–H groups in total. The Hall–Kier alpha value is -1.39. The first-order valence-corrected chi connectivity index (χ1v) is 6.47. The first-order valence-electron chi connectivity index (χ1n) is 5.59. The average Bonchev–Trinajstić information content (AvgIpc) is 2.79. The van der Waals surface area contributed by atoms with Crippen LogP contribution in [0, 0.1) is 0 Å². The van der Waals surface area contributed by atoms with Gasteiger partial charge in [-0.2, -0.15) is 0 Å². The summed E-state index contributed by atoms with van der Waals surface area (Å²) in [5.74, 6) is 0. The van der Waals surface area contributed by atoms with Gasteiger partial charge in [0.1, 0.15) is 0 Å². The van der Waals surface area contributed by atoms with Crippen LogP contribution in [0.3, 0.4) is 0 Å². The van der Waals surface area contributed by atoms with Crippen LogP contribution in [0.4, 0.5) is 5.13 Å². The van der Waals surface area contributed by atoms with Gasteiger partial charge < -0.3 is 10.1 Å². The van der Waals surface area contributed by atoms with Crippen molar-refractivity contribution < 1.29 is 4.74 Å². The second-order valence-corrected chi connectivity index (χ2v) is 4.60. The van der Waals surface area contributed by atoms with Gasteiger partial charge in [0.25, 0.3) is 0 Å². The molecule has 1 heterocycles. The SMILES string of the molecule is COCc1csc(NCCc2ccccc2)n1. The molecule has 1 aromatic heterocycles. The molecule has 0 radical (unpaired) electrons. The Balaban J connectivity index is 1.78. The standard InChI is InChI=1S/C13H16N2OS/c1-16-9-12-10-17-13(15-12)14-8-7-11-5-3-2-4-6-11/h2-6,10H,7-9H2,1H3,(H,14,15). The first kappa shape index (κ1) is 12.1. The van der Waals surface area contributed by atoms with Crippen LogP contribution in [0.1, 0.15) is 11.3 Å². The Morgan fingerprint density at radius 2 is 2.12 bits per heavy atom. The van der Waals surface area contributed by atoms with Gasteiger partial charge in [0.2, 0.25) is 0 Å². The molecule has 17 heavy (non-hydrogen) atoms. The monoisotopic (exact) mass is 248 g/mol. The number of rotatable bonds is 6. The fourth-order valence-electron chi connectivity index (χ4n) is 1.56. The van der Waals surface area contributed by atoms with Crippen molar-refractivity contribution >= 4 is 16.5 Å². The van der Waals surface area contributed by atoms with E-state index in [0.717, 1.165) is 23.8 Å². The molecule has 0 aliphatic carbocycles. The van der Waals surface area contributed by atoms with E-state index in [0.29, 0.717) is 6.61 Å². The van der Waals surface area contributed by atoms with E-state index in [2.05, 4.69) is 34.6 Å². The number of methoxy groups -OCH3 is 1. The summed E-state index contributed by atoms with van der Waals surface area (Å²) < 4.78 is 5.03. The van der Waals surface area contributed by atoms with Crippen molar-refractivity contribution in [3.05, 3.63) is 47.0 Å². The summed E-state index contributed by atoms with van der Waals surface area (Å²) in [5, 5.41) is 6.31. The van der Waals surface area contributed by atoms with Crippen LogP contribution in [0.15, 0.2) is 35.7 Å².